The van der Waals surface area contributed by atoms with Crippen LogP contribution in [0.2, 0.25) is 0 Å². The summed E-state index contributed by atoms with van der Waals surface area (Å²) in [5, 5.41) is 8.69. The van der Waals surface area contributed by atoms with E-state index < -0.39 is 5.54 Å². The largest absolute Gasteiger partial charge is 0.323 e. The van der Waals surface area contributed by atoms with Gasteiger partial charge >= 0.3 is 0 Å². The van der Waals surface area contributed by atoms with E-state index in [-0.39, 0.29) is 11.8 Å². The van der Waals surface area contributed by atoms with Crippen LogP contribution in [0.4, 0.5) is 5.69 Å². The van der Waals surface area contributed by atoms with Crippen molar-refractivity contribution >= 4 is 23.2 Å². The second-order valence-corrected chi connectivity index (χ2v) is 5.78. The molecule has 0 aliphatic carbocycles. The summed E-state index contributed by atoms with van der Waals surface area (Å²) in [4.78, 5) is 24.9. The van der Waals surface area contributed by atoms with Gasteiger partial charge in [0.15, 0.2) is 5.54 Å². The van der Waals surface area contributed by atoms with Crippen molar-refractivity contribution in [3.05, 3.63) is 65.7 Å². The summed E-state index contributed by atoms with van der Waals surface area (Å²) in [6, 6.07) is 17.1. The number of benzene rings is 2. The lowest BCUT2D eigenvalue weighted by atomic mass is 9.85. The molecule has 2 aliphatic heterocycles. The molecule has 1 N–H and O–H groups in total. The zero-order valence-corrected chi connectivity index (χ0v) is 12.6. The van der Waals surface area contributed by atoms with Crippen molar-refractivity contribution in [2.24, 2.45) is 5.10 Å². The van der Waals surface area contributed by atoms with Crippen LogP contribution in [0.1, 0.15) is 24.5 Å². The van der Waals surface area contributed by atoms with Gasteiger partial charge in [0.25, 0.3) is 5.91 Å². The molecule has 23 heavy (non-hydrogen) atoms. The first-order chi connectivity index (χ1) is 11.1. The third kappa shape index (κ3) is 1.83. The van der Waals surface area contributed by atoms with Crippen molar-refractivity contribution in [2.45, 2.75) is 18.9 Å². The van der Waals surface area contributed by atoms with Gasteiger partial charge in [0.05, 0.1) is 5.71 Å². The Morgan fingerprint density at radius 3 is 2.57 bits per heavy atom. The molecule has 0 aromatic heterocycles. The molecule has 0 saturated carbocycles. The van der Waals surface area contributed by atoms with Crippen LogP contribution in [0.5, 0.6) is 0 Å². The number of nitrogens with one attached hydrogen (secondary N) is 1. The van der Waals surface area contributed by atoms with Gasteiger partial charge in [-0.3, -0.25) is 9.59 Å². The van der Waals surface area contributed by atoms with Crippen molar-refractivity contribution in [3.63, 3.8) is 0 Å². The Kier molecular flexibility index (Phi) is 2.84. The van der Waals surface area contributed by atoms with E-state index in [1.165, 1.54) is 11.9 Å². The van der Waals surface area contributed by atoms with E-state index in [0.29, 0.717) is 6.42 Å². The molecule has 114 valence electrons. The van der Waals surface area contributed by atoms with E-state index in [9.17, 15) is 9.59 Å². The molecule has 0 bridgehead atoms. The monoisotopic (exact) mass is 305 g/mol. The second kappa shape index (κ2) is 4.78. The minimum absolute atomic E-state index is 0.205. The van der Waals surface area contributed by atoms with Crippen LogP contribution in [-0.4, -0.2) is 22.5 Å². The Morgan fingerprint density at radius 1 is 1.13 bits per heavy atom. The summed E-state index contributed by atoms with van der Waals surface area (Å²) >= 11 is 0. The van der Waals surface area contributed by atoms with Gasteiger partial charge in [-0.2, -0.15) is 5.10 Å². The Morgan fingerprint density at radius 2 is 1.83 bits per heavy atom. The fraction of sp³-hybridized carbons (Fsp3) is 0.167. The average Bonchev–Trinajstić information content (AvgIpc) is 3.10. The molecular weight excluding hydrogens is 290 g/mol. The highest BCUT2D eigenvalue weighted by atomic mass is 16.2. The molecular formula is C18H15N3O2. The summed E-state index contributed by atoms with van der Waals surface area (Å²) < 4.78 is 0. The summed E-state index contributed by atoms with van der Waals surface area (Å²) in [6.45, 7) is 1.44. The van der Waals surface area contributed by atoms with E-state index in [2.05, 4.69) is 10.4 Å². The third-order valence-electron chi connectivity index (χ3n) is 4.41. The minimum atomic E-state index is -1.08. The number of anilines is 1. The van der Waals surface area contributed by atoms with Gasteiger partial charge in [-0.1, -0.05) is 48.5 Å². The lowest BCUT2D eigenvalue weighted by molar-refractivity contribution is -0.142. The number of rotatable bonds is 1. The Labute approximate surface area is 133 Å². The Hall–Kier alpha value is -2.95. The maximum absolute atomic E-state index is 12.8. The zero-order chi connectivity index (χ0) is 16.0. The topological polar surface area (TPSA) is 61.8 Å². The smallest absolute Gasteiger partial charge is 0.257 e. The molecule has 0 radical (unpaired) electrons. The number of carbonyl (C=O) groups excluding carboxylic acids is 2. The number of hydrazone groups is 1. The Balaban J connectivity index is 1.87. The first-order valence-electron chi connectivity index (χ1n) is 7.47. The zero-order valence-electron chi connectivity index (χ0n) is 12.6. The molecule has 2 aromatic rings. The van der Waals surface area contributed by atoms with Gasteiger partial charge in [0.1, 0.15) is 0 Å². The standard InChI is InChI=1S/C18H15N3O2/c1-12(22)21-18(11-16(20-21)13-7-3-2-4-8-13)14-9-5-6-10-15(14)19-17(18)23/h2-10H,11H2,1H3,(H,19,23)/t18-/m0/s1. The summed E-state index contributed by atoms with van der Waals surface area (Å²) in [5.41, 5.74) is 2.14. The van der Waals surface area contributed by atoms with E-state index in [1.807, 2.05) is 54.6 Å². The number of hydrogen-bond donors (Lipinski definition) is 1. The maximum Gasteiger partial charge on any atom is 0.257 e. The van der Waals surface area contributed by atoms with Crippen LogP contribution in [0, 0.1) is 0 Å². The summed E-state index contributed by atoms with van der Waals surface area (Å²) in [6.07, 6.45) is 0.374. The molecule has 4 rings (SSSR count). The average molecular weight is 305 g/mol. The fourth-order valence-corrected chi connectivity index (χ4v) is 3.37. The predicted octanol–water partition coefficient (Wildman–Crippen LogP) is 2.49. The summed E-state index contributed by atoms with van der Waals surface area (Å²) in [7, 11) is 0. The van der Waals surface area contributed by atoms with Crippen LogP contribution < -0.4 is 5.32 Å². The molecule has 5 heteroatoms. The molecule has 0 saturated heterocycles. The molecule has 5 nitrogen and oxygen atoms in total. The predicted molar refractivity (Wildman–Crippen MR) is 86.9 cm³/mol. The highest BCUT2D eigenvalue weighted by Crippen LogP contribution is 2.47. The number of para-hydroxylation sites is 1. The molecule has 0 unspecified atom stereocenters. The Bertz CT molecular complexity index is 844. The van der Waals surface area contributed by atoms with Crippen LogP contribution >= 0.6 is 0 Å². The van der Waals surface area contributed by atoms with Gasteiger partial charge in [-0.25, -0.2) is 5.01 Å². The number of amides is 2. The quantitative estimate of drug-likeness (QED) is 0.880. The third-order valence-corrected chi connectivity index (χ3v) is 4.41. The van der Waals surface area contributed by atoms with Crippen molar-refractivity contribution in [1.82, 2.24) is 5.01 Å². The van der Waals surface area contributed by atoms with Crippen LogP contribution in [0.15, 0.2) is 59.7 Å². The maximum atomic E-state index is 12.8. The minimum Gasteiger partial charge on any atom is -0.323 e. The molecule has 0 fully saturated rings. The normalized spacial score (nSPS) is 22.0. The number of fused-ring (bicyclic) bond motifs is 2. The lowest BCUT2D eigenvalue weighted by Crippen LogP contribution is -2.47. The van der Waals surface area contributed by atoms with Gasteiger partial charge < -0.3 is 5.32 Å². The summed E-state index contributed by atoms with van der Waals surface area (Å²) in [5.74, 6) is -0.452. The number of carbonyl (C=O) groups is 2. The highest BCUT2D eigenvalue weighted by Gasteiger charge is 2.56. The highest BCUT2D eigenvalue weighted by molar-refractivity contribution is 6.14. The van der Waals surface area contributed by atoms with E-state index in [1.54, 1.807) is 0 Å². The van der Waals surface area contributed by atoms with Crippen LogP contribution in [-0.2, 0) is 15.1 Å². The fourth-order valence-electron chi connectivity index (χ4n) is 3.37. The second-order valence-electron chi connectivity index (χ2n) is 5.78. The molecule has 2 heterocycles. The van der Waals surface area contributed by atoms with Crippen molar-refractivity contribution in [3.8, 4) is 0 Å². The van der Waals surface area contributed by atoms with Gasteiger partial charge in [-0.05, 0) is 11.6 Å². The lowest BCUT2D eigenvalue weighted by Gasteiger charge is -2.29. The number of hydrogen-bond acceptors (Lipinski definition) is 3. The van der Waals surface area contributed by atoms with Gasteiger partial charge in [0, 0.05) is 24.6 Å². The SMILES string of the molecule is CC(=O)N1N=C(c2ccccc2)C[C@]12C(=O)Nc1ccccc12. The molecule has 2 aromatic carbocycles. The molecule has 2 amide bonds. The van der Waals surface area contributed by atoms with Gasteiger partial charge in [-0.15, -0.1) is 0 Å². The van der Waals surface area contributed by atoms with Gasteiger partial charge in [0.2, 0.25) is 5.91 Å². The first kappa shape index (κ1) is 13.7. The number of nitrogens with zero attached hydrogens (tertiary/aromatic N) is 2. The van der Waals surface area contributed by atoms with Crippen molar-refractivity contribution < 1.29 is 9.59 Å². The van der Waals surface area contributed by atoms with Crippen LogP contribution in [0.25, 0.3) is 0 Å². The first-order valence-corrected chi connectivity index (χ1v) is 7.47. The van der Waals surface area contributed by atoms with Crippen molar-refractivity contribution in [1.29, 1.82) is 0 Å². The van der Waals surface area contributed by atoms with E-state index in [0.717, 1.165) is 22.5 Å². The van der Waals surface area contributed by atoms with Crippen molar-refractivity contribution in [2.75, 3.05) is 5.32 Å². The molecule has 1 spiro atoms. The molecule has 1 atom stereocenters. The van der Waals surface area contributed by atoms with E-state index in [4.69, 9.17) is 0 Å². The van der Waals surface area contributed by atoms with Crippen LogP contribution in [0.3, 0.4) is 0 Å². The molecule has 2 aliphatic rings. The van der Waals surface area contributed by atoms with E-state index >= 15 is 0 Å².